The summed E-state index contributed by atoms with van der Waals surface area (Å²) in [4.78, 5) is 9.98. The molecule has 0 spiro atoms. The Kier molecular flexibility index (Phi) is 3.17. The van der Waals surface area contributed by atoms with E-state index < -0.39 is 5.82 Å². The van der Waals surface area contributed by atoms with Crippen molar-refractivity contribution in [3.63, 3.8) is 0 Å². The van der Waals surface area contributed by atoms with Crippen molar-refractivity contribution in [1.82, 2.24) is 5.32 Å². The first-order valence-electron chi connectivity index (χ1n) is 3.95. The molecule has 4 nitrogen and oxygen atoms in total. The Labute approximate surface area is 80.4 Å². The van der Waals surface area contributed by atoms with Crippen molar-refractivity contribution in [2.24, 2.45) is 5.73 Å². The van der Waals surface area contributed by atoms with Crippen LogP contribution in [0.2, 0.25) is 0 Å². The second-order valence-electron chi connectivity index (χ2n) is 2.73. The van der Waals surface area contributed by atoms with Gasteiger partial charge in [0.2, 0.25) is 6.41 Å². The summed E-state index contributed by atoms with van der Waals surface area (Å²) in [7, 11) is 0. The van der Waals surface area contributed by atoms with Crippen LogP contribution in [0.3, 0.4) is 0 Å². The highest BCUT2D eigenvalue weighted by molar-refractivity contribution is 5.95. The van der Waals surface area contributed by atoms with E-state index in [1.165, 1.54) is 12.1 Å². The standard InChI is InChI=1S/C9H10FN3O/c10-8-3-6(4-13-5-14)1-2-7(8)9(11)12/h1-3,5H,4H2,(H3,11,12)(H,13,14). The summed E-state index contributed by atoms with van der Waals surface area (Å²) < 4.78 is 13.2. The topological polar surface area (TPSA) is 79.0 Å². The summed E-state index contributed by atoms with van der Waals surface area (Å²) >= 11 is 0. The second kappa shape index (κ2) is 4.36. The molecule has 0 aliphatic carbocycles. The van der Waals surface area contributed by atoms with Gasteiger partial charge in [-0.15, -0.1) is 0 Å². The average molecular weight is 195 g/mol. The number of rotatable bonds is 4. The lowest BCUT2D eigenvalue weighted by Gasteiger charge is -2.03. The minimum Gasteiger partial charge on any atom is -0.384 e. The van der Waals surface area contributed by atoms with Gasteiger partial charge in [0.15, 0.2) is 0 Å². The molecule has 1 aromatic rings. The maximum absolute atomic E-state index is 13.2. The van der Waals surface area contributed by atoms with Crippen molar-refractivity contribution >= 4 is 12.2 Å². The van der Waals surface area contributed by atoms with Crippen LogP contribution >= 0.6 is 0 Å². The zero-order chi connectivity index (χ0) is 10.6. The van der Waals surface area contributed by atoms with E-state index in [9.17, 15) is 9.18 Å². The van der Waals surface area contributed by atoms with Crippen molar-refractivity contribution in [3.8, 4) is 0 Å². The average Bonchev–Trinajstić information content (AvgIpc) is 2.14. The highest BCUT2D eigenvalue weighted by atomic mass is 19.1. The van der Waals surface area contributed by atoms with E-state index in [1.807, 2.05) is 0 Å². The number of nitrogens with one attached hydrogen (secondary N) is 2. The van der Waals surface area contributed by atoms with Gasteiger partial charge in [-0.05, 0) is 17.7 Å². The number of amides is 1. The molecular formula is C9H10FN3O. The molecule has 1 aromatic carbocycles. The van der Waals surface area contributed by atoms with Gasteiger partial charge < -0.3 is 11.1 Å². The maximum atomic E-state index is 13.2. The Morgan fingerprint density at radius 1 is 1.64 bits per heavy atom. The Bertz CT molecular complexity index is 365. The van der Waals surface area contributed by atoms with Crippen molar-refractivity contribution < 1.29 is 9.18 Å². The number of hydrogen-bond acceptors (Lipinski definition) is 2. The van der Waals surface area contributed by atoms with Gasteiger partial charge in [-0.2, -0.15) is 0 Å². The van der Waals surface area contributed by atoms with Gasteiger partial charge in [0.25, 0.3) is 0 Å². The van der Waals surface area contributed by atoms with Crippen LogP contribution < -0.4 is 11.1 Å². The summed E-state index contributed by atoms with van der Waals surface area (Å²) in [5, 5.41) is 9.46. The van der Waals surface area contributed by atoms with Crippen molar-refractivity contribution in [1.29, 1.82) is 5.41 Å². The van der Waals surface area contributed by atoms with E-state index in [1.54, 1.807) is 6.07 Å². The number of carbonyl (C=O) groups is 1. The Morgan fingerprint density at radius 2 is 2.36 bits per heavy atom. The number of nitrogens with two attached hydrogens (primary N) is 1. The largest absolute Gasteiger partial charge is 0.384 e. The predicted molar refractivity (Wildman–Crippen MR) is 50.3 cm³/mol. The molecule has 0 aliphatic heterocycles. The lowest BCUT2D eigenvalue weighted by molar-refractivity contribution is -0.109. The van der Waals surface area contributed by atoms with Gasteiger partial charge in [0, 0.05) is 6.54 Å². The summed E-state index contributed by atoms with van der Waals surface area (Å²) in [5.41, 5.74) is 5.83. The summed E-state index contributed by atoms with van der Waals surface area (Å²) in [5.74, 6) is -0.861. The molecule has 14 heavy (non-hydrogen) atoms. The van der Waals surface area contributed by atoms with Crippen LogP contribution in [0.1, 0.15) is 11.1 Å². The third-order valence-electron chi connectivity index (χ3n) is 1.71. The van der Waals surface area contributed by atoms with Crippen LogP contribution in [0.5, 0.6) is 0 Å². The first kappa shape index (κ1) is 10.2. The Balaban J connectivity index is 2.88. The first-order valence-corrected chi connectivity index (χ1v) is 3.95. The summed E-state index contributed by atoms with van der Waals surface area (Å²) in [6, 6.07) is 4.27. The van der Waals surface area contributed by atoms with Crippen LogP contribution in [0.25, 0.3) is 0 Å². The van der Waals surface area contributed by atoms with Crippen LogP contribution in [0, 0.1) is 11.2 Å². The van der Waals surface area contributed by atoms with Crippen LogP contribution in [0.4, 0.5) is 4.39 Å². The molecule has 0 unspecified atom stereocenters. The van der Waals surface area contributed by atoms with Gasteiger partial charge in [-0.3, -0.25) is 10.2 Å². The van der Waals surface area contributed by atoms with Crippen molar-refractivity contribution in [2.45, 2.75) is 6.54 Å². The lowest BCUT2D eigenvalue weighted by Crippen LogP contribution is -2.14. The van der Waals surface area contributed by atoms with E-state index in [0.29, 0.717) is 12.0 Å². The smallest absolute Gasteiger partial charge is 0.207 e. The highest BCUT2D eigenvalue weighted by Crippen LogP contribution is 2.09. The maximum Gasteiger partial charge on any atom is 0.207 e. The third kappa shape index (κ3) is 2.29. The molecule has 0 heterocycles. The predicted octanol–water partition coefficient (Wildman–Crippen LogP) is 0.356. The number of halogens is 1. The van der Waals surface area contributed by atoms with Gasteiger partial charge in [0.1, 0.15) is 11.7 Å². The van der Waals surface area contributed by atoms with Crippen LogP contribution in [-0.4, -0.2) is 12.2 Å². The molecule has 0 saturated heterocycles. The second-order valence-corrected chi connectivity index (χ2v) is 2.73. The van der Waals surface area contributed by atoms with Gasteiger partial charge in [-0.1, -0.05) is 6.07 Å². The number of amidine groups is 1. The molecule has 0 bridgehead atoms. The Hall–Kier alpha value is -1.91. The van der Waals surface area contributed by atoms with E-state index in [4.69, 9.17) is 11.1 Å². The third-order valence-corrected chi connectivity index (χ3v) is 1.71. The molecule has 1 rings (SSSR count). The quantitative estimate of drug-likeness (QED) is 0.368. The summed E-state index contributed by atoms with van der Waals surface area (Å²) in [6.45, 7) is 0.263. The molecule has 5 heteroatoms. The monoisotopic (exact) mass is 195 g/mol. The zero-order valence-corrected chi connectivity index (χ0v) is 7.38. The number of hydrogen-bond donors (Lipinski definition) is 3. The van der Waals surface area contributed by atoms with Gasteiger partial charge in [-0.25, -0.2) is 4.39 Å². The zero-order valence-electron chi connectivity index (χ0n) is 7.38. The molecule has 0 fully saturated rings. The van der Waals surface area contributed by atoms with Crippen LogP contribution in [-0.2, 0) is 11.3 Å². The fourth-order valence-corrected chi connectivity index (χ4v) is 1.05. The van der Waals surface area contributed by atoms with Gasteiger partial charge >= 0.3 is 0 Å². The summed E-state index contributed by atoms with van der Waals surface area (Å²) in [6.07, 6.45) is 0.538. The number of carbonyl (C=O) groups excluding carboxylic acids is 1. The molecule has 0 atom stereocenters. The molecule has 4 N–H and O–H groups in total. The van der Waals surface area contributed by atoms with E-state index in [2.05, 4.69) is 5.32 Å². The van der Waals surface area contributed by atoms with Crippen LogP contribution in [0.15, 0.2) is 18.2 Å². The van der Waals surface area contributed by atoms with Crippen molar-refractivity contribution in [3.05, 3.63) is 35.1 Å². The molecule has 0 aliphatic rings. The fourth-order valence-electron chi connectivity index (χ4n) is 1.05. The minimum atomic E-state index is -0.553. The molecule has 0 radical (unpaired) electrons. The minimum absolute atomic E-state index is 0.0693. The normalized spacial score (nSPS) is 9.50. The van der Waals surface area contributed by atoms with E-state index >= 15 is 0 Å². The van der Waals surface area contributed by atoms with Gasteiger partial charge in [0.05, 0.1) is 5.56 Å². The molecule has 0 saturated carbocycles. The first-order chi connectivity index (χ1) is 6.65. The molecular weight excluding hydrogens is 185 g/mol. The molecule has 74 valence electrons. The molecule has 1 amide bonds. The van der Waals surface area contributed by atoms with E-state index in [-0.39, 0.29) is 17.9 Å². The number of nitrogen functional groups attached to an aromatic ring is 1. The molecule has 0 aromatic heterocycles. The highest BCUT2D eigenvalue weighted by Gasteiger charge is 2.05. The lowest BCUT2D eigenvalue weighted by atomic mass is 10.1. The SMILES string of the molecule is N=C(N)c1ccc(CNC=O)cc1F. The van der Waals surface area contributed by atoms with Crippen molar-refractivity contribution in [2.75, 3.05) is 0 Å². The number of benzene rings is 1. The Morgan fingerprint density at radius 3 is 2.86 bits per heavy atom. The van der Waals surface area contributed by atoms with E-state index in [0.717, 1.165) is 0 Å². The fraction of sp³-hybridized carbons (Fsp3) is 0.111.